The van der Waals surface area contributed by atoms with Crippen molar-refractivity contribution in [1.29, 1.82) is 0 Å². The first kappa shape index (κ1) is 23.3. The molecule has 2 amide bonds. The summed E-state index contributed by atoms with van der Waals surface area (Å²) in [5.41, 5.74) is 6.38. The molecule has 0 aliphatic rings. The van der Waals surface area contributed by atoms with Gasteiger partial charge in [-0.25, -0.2) is 0 Å². The van der Waals surface area contributed by atoms with Gasteiger partial charge >= 0.3 is 0 Å². The van der Waals surface area contributed by atoms with Crippen LogP contribution in [0, 0.1) is 20.8 Å². The lowest BCUT2D eigenvalue weighted by atomic mass is 9.99. The fraction of sp³-hybridized carbons (Fsp3) is 0.286. The molecule has 0 aliphatic heterocycles. The van der Waals surface area contributed by atoms with Crippen molar-refractivity contribution >= 4 is 11.8 Å². The second kappa shape index (κ2) is 10.8. The zero-order valence-corrected chi connectivity index (χ0v) is 19.4. The number of aryl methyl sites for hydroxylation is 3. The van der Waals surface area contributed by atoms with Crippen LogP contribution >= 0.6 is 0 Å². The summed E-state index contributed by atoms with van der Waals surface area (Å²) in [6.45, 7) is 6.48. The molecule has 1 N–H and O–H groups in total. The van der Waals surface area contributed by atoms with E-state index < -0.39 is 6.04 Å². The number of carbonyl (C=O) groups is 2. The zero-order chi connectivity index (χ0) is 23.1. The molecule has 3 aromatic rings. The Hall–Kier alpha value is -3.40. The Bertz CT molecular complexity index is 1080. The van der Waals surface area contributed by atoms with Gasteiger partial charge in [0.25, 0.3) is 0 Å². The monoisotopic (exact) mass is 428 g/mol. The third kappa shape index (κ3) is 5.85. The predicted octanol–water partition coefficient (Wildman–Crippen LogP) is 4.54. The number of carbonyl (C=O) groups excluding carboxylic acids is 2. The Morgan fingerprint density at radius 2 is 1.50 bits per heavy atom. The van der Waals surface area contributed by atoms with Crippen molar-refractivity contribution in [2.75, 3.05) is 7.05 Å². The van der Waals surface area contributed by atoms with Gasteiger partial charge in [-0.05, 0) is 48.6 Å². The molecule has 1 unspecified atom stereocenters. The van der Waals surface area contributed by atoms with Gasteiger partial charge < -0.3 is 10.2 Å². The van der Waals surface area contributed by atoms with Gasteiger partial charge in [0.1, 0.15) is 6.04 Å². The van der Waals surface area contributed by atoms with Crippen LogP contribution in [0.3, 0.4) is 0 Å². The summed E-state index contributed by atoms with van der Waals surface area (Å²) in [6, 6.07) is 23.4. The average molecular weight is 429 g/mol. The highest BCUT2D eigenvalue weighted by Crippen LogP contribution is 2.19. The van der Waals surface area contributed by atoms with Gasteiger partial charge in [-0.1, -0.05) is 78.4 Å². The molecule has 0 spiro atoms. The van der Waals surface area contributed by atoms with E-state index in [4.69, 9.17) is 0 Å². The summed E-state index contributed by atoms with van der Waals surface area (Å²) < 4.78 is 0. The molecule has 32 heavy (non-hydrogen) atoms. The lowest BCUT2D eigenvalue weighted by molar-refractivity contribution is -0.140. The van der Waals surface area contributed by atoms with Crippen LogP contribution in [-0.4, -0.2) is 29.8 Å². The van der Waals surface area contributed by atoms with Gasteiger partial charge in [0.2, 0.25) is 11.8 Å². The minimum atomic E-state index is -0.598. The van der Waals surface area contributed by atoms with Crippen LogP contribution in [0.1, 0.15) is 33.4 Å². The van der Waals surface area contributed by atoms with Crippen LogP contribution in [0.5, 0.6) is 0 Å². The Kier molecular flexibility index (Phi) is 7.82. The maximum atomic E-state index is 13.7. The summed E-state index contributed by atoms with van der Waals surface area (Å²) >= 11 is 0. The molecular formula is C28H32N2O2. The largest absolute Gasteiger partial charge is 0.357 e. The Morgan fingerprint density at radius 3 is 2.19 bits per heavy atom. The van der Waals surface area contributed by atoms with E-state index in [9.17, 15) is 9.59 Å². The quantitative estimate of drug-likeness (QED) is 0.573. The molecule has 1 atom stereocenters. The number of rotatable bonds is 8. The van der Waals surface area contributed by atoms with Crippen LogP contribution in [0.25, 0.3) is 0 Å². The lowest BCUT2D eigenvalue weighted by Crippen LogP contribution is -2.50. The van der Waals surface area contributed by atoms with E-state index >= 15 is 0 Å². The smallest absolute Gasteiger partial charge is 0.242 e. The van der Waals surface area contributed by atoms with Crippen molar-refractivity contribution in [3.8, 4) is 0 Å². The van der Waals surface area contributed by atoms with E-state index in [-0.39, 0.29) is 18.2 Å². The van der Waals surface area contributed by atoms with Gasteiger partial charge in [0, 0.05) is 20.0 Å². The fourth-order valence-electron chi connectivity index (χ4n) is 3.95. The first-order valence-electron chi connectivity index (χ1n) is 11.0. The van der Waals surface area contributed by atoms with Gasteiger partial charge in [-0.3, -0.25) is 9.59 Å². The van der Waals surface area contributed by atoms with E-state index in [0.29, 0.717) is 13.0 Å². The molecule has 4 nitrogen and oxygen atoms in total. The van der Waals surface area contributed by atoms with E-state index in [2.05, 4.69) is 17.4 Å². The van der Waals surface area contributed by atoms with Crippen molar-refractivity contribution in [2.24, 2.45) is 0 Å². The number of amides is 2. The second-order valence-corrected chi connectivity index (χ2v) is 8.37. The Labute approximate surface area is 191 Å². The van der Waals surface area contributed by atoms with Crippen molar-refractivity contribution < 1.29 is 9.59 Å². The minimum Gasteiger partial charge on any atom is -0.357 e. The third-order valence-electron chi connectivity index (χ3n) is 5.97. The molecule has 0 bridgehead atoms. The third-order valence-corrected chi connectivity index (χ3v) is 5.97. The Balaban J connectivity index is 1.98. The molecule has 0 fully saturated rings. The standard InChI is InChI=1S/C28H32N2O2/c1-20-14-15-22(3)25(16-20)18-27(31)30(19-24-13-9-8-10-21(24)2)26(28(32)29-4)17-23-11-6-5-7-12-23/h5-16,26H,17-19H2,1-4H3,(H,29,32). The zero-order valence-electron chi connectivity index (χ0n) is 19.4. The molecule has 0 saturated heterocycles. The highest BCUT2D eigenvalue weighted by Gasteiger charge is 2.30. The SMILES string of the molecule is CNC(=O)C(Cc1ccccc1)N(Cc1ccccc1C)C(=O)Cc1cc(C)ccc1C. The van der Waals surface area contributed by atoms with Crippen molar-refractivity contribution in [3.63, 3.8) is 0 Å². The molecular weight excluding hydrogens is 396 g/mol. The molecule has 0 aliphatic carbocycles. The molecule has 3 aromatic carbocycles. The van der Waals surface area contributed by atoms with Crippen LogP contribution in [-0.2, 0) is 29.0 Å². The van der Waals surface area contributed by atoms with Gasteiger partial charge in [0.05, 0.1) is 6.42 Å². The summed E-state index contributed by atoms with van der Waals surface area (Å²) in [5.74, 6) is -0.205. The van der Waals surface area contributed by atoms with Gasteiger partial charge in [0.15, 0.2) is 0 Å². The van der Waals surface area contributed by atoms with Crippen LogP contribution < -0.4 is 5.32 Å². The van der Waals surface area contributed by atoms with E-state index in [1.165, 1.54) is 0 Å². The molecule has 0 saturated carbocycles. The molecule has 0 heterocycles. The van der Waals surface area contributed by atoms with Crippen LogP contribution in [0.4, 0.5) is 0 Å². The maximum absolute atomic E-state index is 13.7. The number of hydrogen-bond acceptors (Lipinski definition) is 2. The van der Waals surface area contributed by atoms with E-state index in [1.807, 2.05) is 81.4 Å². The minimum absolute atomic E-state index is 0.0496. The topological polar surface area (TPSA) is 49.4 Å². The first-order valence-corrected chi connectivity index (χ1v) is 11.0. The molecule has 3 rings (SSSR count). The fourth-order valence-corrected chi connectivity index (χ4v) is 3.95. The lowest BCUT2D eigenvalue weighted by Gasteiger charge is -2.32. The maximum Gasteiger partial charge on any atom is 0.242 e. The molecule has 4 heteroatoms. The van der Waals surface area contributed by atoms with Gasteiger partial charge in [-0.15, -0.1) is 0 Å². The number of nitrogens with zero attached hydrogens (tertiary/aromatic N) is 1. The van der Waals surface area contributed by atoms with Crippen molar-refractivity contribution in [3.05, 3.63) is 106 Å². The van der Waals surface area contributed by atoms with E-state index in [1.54, 1.807) is 11.9 Å². The Morgan fingerprint density at radius 1 is 0.844 bits per heavy atom. The number of nitrogens with one attached hydrogen (secondary N) is 1. The highest BCUT2D eigenvalue weighted by molar-refractivity contribution is 5.88. The summed E-state index contributed by atoms with van der Waals surface area (Å²) in [4.78, 5) is 28.4. The molecule has 0 radical (unpaired) electrons. The predicted molar refractivity (Wildman–Crippen MR) is 129 cm³/mol. The normalized spacial score (nSPS) is 11.6. The average Bonchev–Trinajstić information content (AvgIpc) is 2.79. The number of likely N-dealkylation sites (N-methyl/N-ethyl adjacent to an activating group) is 1. The van der Waals surface area contributed by atoms with Crippen LogP contribution in [0.2, 0.25) is 0 Å². The van der Waals surface area contributed by atoms with Crippen LogP contribution in [0.15, 0.2) is 72.8 Å². The summed E-state index contributed by atoms with van der Waals surface area (Å²) in [7, 11) is 1.63. The second-order valence-electron chi connectivity index (χ2n) is 8.37. The molecule has 166 valence electrons. The van der Waals surface area contributed by atoms with Crippen molar-refractivity contribution in [1.82, 2.24) is 10.2 Å². The first-order chi connectivity index (χ1) is 15.4. The summed E-state index contributed by atoms with van der Waals surface area (Å²) in [5, 5.41) is 2.77. The van der Waals surface area contributed by atoms with E-state index in [0.717, 1.165) is 33.4 Å². The number of benzene rings is 3. The van der Waals surface area contributed by atoms with Crippen molar-refractivity contribution in [2.45, 2.75) is 46.2 Å². The summed E-state index contributed by atoms with van der Waals surface area (Å²) in [6.07, 6.45) is 0.729. The molecule has 0 aromatic heterocycles. The van der Waals surface area contributed by atoms with Gasteiger partial charge in [-0.2, -0.15) is 0 Å². The number of hydrogen-bond donors (Lipinski definition) is 1. The highest BCUT2D eigenvalue weighted by atomic mass is 16.2.